The monoisotopic (exact) mass is 340 g/mol. The van der Waals surface area contributed by atoms with Crippen LogP contribution < -0.4 is 0 Å². The molecular weight excluding hydrogens is 324 g/mol. The number of hydrogen-bond donors (Lipinski definition) is 1. The molecule has 4 heteroatoms. The molecule has 0 aliphatic rings. The fourth-order valence-electron chi connectivity index (χ4n) is 2.39. The zero-order valence-electron chi connectivity index (χ0n) is 13.9. The molecule has 0 amide bonds. The number of nitrogens with zero attached hydrogens (tertiary/aromatic N) is 2. The van der Waals surface area contributed by atoms with E-state index in [0.29, 0.717) is 11.3 Å². The summed E-state index contributed by atoms with van der Waals surface area (Å²) in [5.41, 5.74) is 4.31. The van der Waals surface area contributed by atoms with Gasteiger partial charge >= 0.3 is 5.97 Å². The van der Waals surface area contributed by atoms with Crippen LogP contribution in [0.25, 0.3) is 17.2 Å². The summed E-state index contributed by atoms with van der Waals surface area (Å²) in [7, 11) is 0. The van der Waals surface area contributed by atoms with Crippen LogP contribution in [0.5, 0.6) is 0 Å². The van der Waals surface area contributed by atoms with Crippen LogP contribution in [0.3, 0.4) is 0 Å². The maximum atomic E-state index is 10.7. The van der Waals surface area contributed by atoms with Gasteiger partial charge in [-0.3, -0.25) is 0 Å². The summed E-state index contributed by atoms with van der Waals surface area (Å²) in [6.45, 7) is 0. The first-order valence-corrected chi connectivity index (χ1v) is 8.04. The molecule has 0 bridgehead atoms. The summed E-state index contributed by atoms with van der Waals surface area (Å²) in [5, 5.41) is 8.74. The Kier molecular flexibility index (Phi) is 5.51. The Morgan fingerprint density at radius 1 is 0.808 bits per heavy atom. The van der Waals surface area contributed by atoms with Crippen molar-refractivity contribution < 1.29 is 9.90 Å². The minimum atomic E-state index is -1.00. The Hall–Kier alpha value is -3.75. The number of carboxylic acids is 1. The highest BCUT2D eigenvalue weighted by Gasteiger charge is 1.98. The van der Waals surface area contributed by atoms with Gasteiger partial charge in [-0.25, -0.2) is 4.79 Å². The number of carboxylic acid groups (broad SMARTS) is 1. The maximum Gasteiger partial charge on any atom is 0.328 e. The molecule has 3 rings (SSSR count). The molecule has 4 nitrogen and oxygen atoms in total. The lowest BCUT2D eigenvalue weighted by molar-refractivity contribution is -0.131. The first-order chi connectivity index (χ1) is 12.7. The molecule has 3 aromatic carbocycles. The van der Waals surface area contributed by atoms with Crippen LogP contribution in [0.1, 0.15) is 5.56 Å². The molecule has 0 spiro atoms. The lowest BCUT2D eigenvalue weighted by Crippen LogP contribution is -1.85. The molecule has 0 atom stereocenters. The summed E-state index contributed by atoms with van der Waals surface area (Å²) < 4.78 is 0. The van der Waals surface area contributed by atoms with Crippen molar-refractivity contribution in [2.45, 2.75) is 0 Å². The Morgan fingerprint density at radius 2 is 1.46 bits per heavy atom. The molecule has 0 saturated carbocycles. The van der Waals surface area contributed by atoms with E-state index >= 15 is 0 Å². The minimum absolute atomic E-state index is 0.606. The fourth-order valence-corrected chi connectivity index (χ4v) is 2.39. The average molecular weight is 340 g/mol. The van der Waals surface area contributed by atoms with Crippen LogP contribution >= 0.6 is 0 Å². The molecule has 0 fully saturated rings. The summed E-state index contributed by atoms with van der Waals surface area (Å²) in [6.07, 6.45) is 2.57. The van der Waals surface area contributed by atoms with Crippen molar-refractivity contribution in [2.24, 2.45) is 9.98 Å². The number of aliphatic carboxylic acids is 1. The highest BCUT2D eigenvalue weighted by Crippen LogP contribution is 2.22. The quantitative estimate of drug-likeness (QED) is 0.486. The molecule has 0 heterocycles. The molecule has 0 aromatic heterocycles. The van der Waals surface area contributed by atoms with Crippen LogP contribution in [0.2, 0.25) is 0 Å². The highest BCUT2D eigenvalue weighted by molar-refractivity contribution is 5.86. The average Bonchev–Trinajstić information content (AvgIpc) is 2.68. The van der Waals surface area contributed by atoms with Gasteiger partial charge in [0.25, 0.3) is 0 Å². The van der Waals surface area contributed by atoms with Gasteiger partial charge in [-0.2, -0.15) is 9.98 Å². The van der Waals surface area contributed by atoms with Gasteiger partial charge in [0.15, 0.2) is 0 Å². The Bertz CT molecular complexity index is 984. The molecule has 26 heavy (non-hydrogen) atoms. The van der Waals surface area contributed by atoms with Crippen LogP contribution in [-0.4, -0.2) is 17.1 Å². The number of aliphatic imine (C=N–C) groups is 2. The van der Waals surface area contributed by atoms with Crippen molar-refractivity contribution in [3.63, 3.8) is 0 Å². The topological polar surface area (TPSA) is 62.0 Å². The van der Waals surface area contributed by atoms with Crippen molar-refractivity contribution in [2.75, 3.05) is 0 Å². The molecule has 1 N–H and O–H groups in total. The van der Waals surface area contributed by atoms with E-state index in [2.05, 4.69) is 28.1 Å². The summed E-state index contributed by atoms with van der Waals surface area (Å²) in [4.78, 5) is 19.1. The van der Waals surface area contributed by atoms with E-state index < -0.39 is 5.97 Å². The zero-order valence-corrected chi connectivity index (χ0v) is 13.9. The van der Waals surface area contributed by atoms with E-state index in [1.807, 2.05) is 54.6 Å². The second-order valence-electron chi connectivity index (χ2n) is 5.47. The molecule has 0 saturated heterocycles. The van der Waals surface area contributed by atoms with Gasteiger partial charge in [0.05, 0.1) is 11.4 Å². The number of benzene rings is 3. The second-order valence-corrected chi connectivity index (χ2v) is 5.47. The van der Waals surface area contributed by atoms with Crippen molar-refractivity contribution in [3.8, 4) is 11.1 Å². The van der Waals surface area contributed by atoms with Gasteiger partial charge in [-0.05, 0) is 35.4 Å². The zero-order chi connectivity index (χ0) is 18.2. The van der Waals surface area contributed by atoms with Crippen molar-refractivity contribution in [1.29, 1.82) is 0 Å². The van der Waals surface area contributed by atoms with Gasteiger partial charge in [-0.1, -0.05) is 60.7 Å². The van der Waals surface area contributed by atoms with Crippen LogP contribution in [0.4, 0.5) is 11.4 Å². The lowest BCUT2D eigenvalue weighted by atomic mass is 10.1. The minimum Gasteiger partial charge on any atom is -0.478 e. The molecule has 0 aliphatic carbocycles. The first kappa shape index (κ1) is 17.1. The highest BCUT2D eigenvalue weighted by atomic mass is 16.4. The third kappa shape index (κ3) is 4.63. The van der Waals surface area contributed by atoms with Gasteiger partial charge < -0.3 is 5.11 Å². The van der Waals surface area contributed by atoms with E-state index in [4.69, 9.17) is 5.11 Å². The van der Waals surface area contributed by atoms with E-state index in [1.165, 1.54) is 6.08 Å². The molecule has 3 aromatic rings. The van der Waals surface area contributed by atoms with Gasteiger partial charge in [0.1, 0.15) is 6.01 Å². The number of rotatable bonds is 5. The largest absolute Gasteiger partial charge is 0.478 e. The molecule has 0 unspecified atom stereocenters. The number of para-hydroxylation sites is 1. The first-order valence-electron chi connectivity index (χ1n) is 8.04. The van der Waals surface area contributed by atoms with Crippen molar-refractivity contribution in [1.82, 2.24) is 0 Å². The maximum absolute atomic E-state index is 10.7. The Labute approximate surface area is 151 Å². The molecule has 0 aliphatic heterocycles. The second kappa shape index (κ2) is 8.38. The SMILES string of the molecule is O=C(O)/C=C/c1ccccc1N=C=Nc1ccc(-c2ccccc2)cc1. The van der Waals surface area contributed by atoms with Gasteiger partial charge in [0, 0.05) is 11.6 Å². The number of hydrogen-bond acceptors (Lipinski definition) is 3. The number of carbonyl (C=O) groups is 1. The summed E-state index contributed by atoms with van der Waals surface area (Å²) in [5.74, 6) is -1.00. The molecule has 0 radical (unpaired) electrons. The van der Waals surface area contributed by atoms with Crippen LogP contribution in [-0.2, 0) is 4.79 Å². The van der Waals surface area contributed by atoms with E-state index in [0.717, 1.165) is 22.9 Å². The van der Waals surface area contributed by atoms with E-state index in [-0.39, 0.29) is 0 Å². The molecule has 126 valence electrons. The van der Waals surface area contributed by atoms with Crippen LogP contribution in [0.15, 0.2) is 94.9 Å². The Balaban J connectivity index is 1.79. The smallest absolute Gasteiger partial charge is 0.328 e. The van der Waals surface area contributed by atoms with Crippen LogP contribution in [0, 0.1) is 0 Å². The van der Waals surface area contributed by atoms with Crippen molar-refractivity contribution in [3.05, 3.63) is 90.5 Å². The predicted molar refractivity (Wildman–Crippen MR) is 104 cm³/mol. The predicted octanol–water partition coefficient (Wildman–Crippen LogP) is 5.59. The molecular formula is C22H16N2O2. The summed E-state index contributed by atoms with van der Waals surface area (Å²) >= 11 is 0. The van der Waals surface area contributed by atoms with Gasteiger partial charge in [-0.15, -0.1) is 0 Å². The Morgan fingerprint density at radius 3 is 2.19 bits per heavy atom. The standard InChI is InChI=1S/C22H16N2O2/c25-22(26)15-12-19-8-4-5-9-21(19)24-16-23-20-13-10-18(11-14-20)17-6-2-1-3-7-17/h1-15H,(H,25,26)/b15-12+. The normalized spacial score (nSPS) is 10.3. The van der Waals surface area contributed by atoms with E-state index in [1.54, 1.807) is 12.1 Å². The fraction of sp³-hybridized carbons (Fsp3) is 0. The van der Waals surface area contributed by atoms with Crippen molar-refractivity contribution >= 4 is 29.4 Å². The van der Waals surface area contributed by atoms with Gasteiger partial charge in [0.2, 0.25) is 0 Å². The summed E-state index contributed by atoms with van der Waals surface area (Å²) in [6, 6.07) is 27.8. The third-order valence-corrected chi connectivity index (χ3v) is 3.67. The van der Waals surface area contributed by atoms with E-state index in [9.17, 15) is 4.79 Å². The third-order valence-electron chi connectivity index (χ3n) is 3.67. The lowest BCUT2D eigenvalue weighted by Gasteiger charge is -2.00.